The minimum absolute atomic E-state index is 0.0162. The number of halogens is 1. The molecule has 0 bridgehead atoms. The highest BCUT2D eigenvalue weighted by molar-refractivity contribution is 6.02. The van der Waals surface area contributed by atoms with Crippen LogP contribution in [0.1, 0.15) is 29.8 Å². The molecule has 2 heterocycles. The van der Waals surface area contributed by atoms with Crippen LogP contribution in [-0.2, 0) is 11.4 Å². The number of nitrogens with zero attached hydrogens (tertiary/aromatic N) is 4. The highest BCUT2D eigenvalue weighted by Gasteiger charge is 2.29. The van der Waals surface area contributed by atoms with Crippen LogP contribution in [0.15, 0.2) is 48.5 Å². The van der Waals surface area contributed by atoms with Crippen molar-refractivity contribution in [1.29, 1.82) is 0 Å². The zero-order valence-electron chi connectivity index (χ0n) is 18.6. The Bertz CT molecular complexity index is 1120. The number of anilines is 3. The molecule has 1 N–H and O–H groups in total. The third kappa shape index (κ3) is 4.49. The van der Waals surface area contributed by atoms with Gasteiger partial charge in [0.15, 0.2) is 5.82 Å². The van der Waals surface area contributed by atoms with Gasteiger partial charge in [0.25, 0.3) is 0 Å². The number of hydrogen-bond acceptors (Lipinski definition) is 6. The number of likely N-dealkylation sites (N-methyl/N-ethyl adjacent to an activating group) is 2. The maximum absolute atomic E-state index is 13.0. The van der Waals surface area contributed by atoms with Gasteiger partial charge in [-0.2, -0.15) is 4.98 Å². The van der Waals surface area contributed by atoms with E-state index in [-0.39, 0.29) is 24.3 Å². The van der Waals surface area contributed by atoms with Crippen molar-refractivity contribution < 1.29 is 13.9 Å². The van der Waals surface area contributed by atoms with Crippen molar-refractivity contribution in [2.24, 2.45) is 0 Å². The van der Waals surface area contributed by atoms with Crippen molar-refractivity contribution in [2.75, 3.05) is 35.8 Å². The molecule has 0 spiro atoms. The molecule has 1 unspecified atom stereocenters. The fourth-order valence-corrected chi connectivity index (χ4v) is 3.66. The lowest BCUT2D eigenvalue weighted by atomic mass is 10.1. The van der Waals surface area contributed by atoms with E-state index in [0.717, 1.165) is 34.1 Å². The molecule has 1 aromatic heterocycles. The summed E-state index contributed by atoms with van der Waals surface area (Å²) < 4.78 is 18.8. The third-order valence-electron chi connectivity index (χ3n) is 5.53. The van der Waals surface area contributed by atoms with Crippen molar-refractivity contribution in [3.8, 4) is 5.75 Å². The maximum atomic E-state index is 13.0. The van der Waals surface area contributed by atoms with Crippen molar-refractivity contribution in [3.63, 3.8) is 0 Å². The first-order chi connectivity index (χ1) is 15.3. The Kier molecular flexibility index (Phi) is 5.94. The quantitative estimate of drug-likeness (QED) is 0.629. The number of nitrogens with one attached hydrogen (secondary N) is 1. The molecule has 0 fully saturated rings. The molecular formula is C24H26FN5O2. The molecule has 4 rings (SSSR count). The standard InChI is InChI=1S/C24H26FN5O2/c1-15(18-7-11-20(12-8-18)32-14-17-5-9-19(25)10-6-17)26-24-27-16(2)22-23(28-24)29(3)13-21(31)30(22)4/h5-12,15H,13-14H2,1-4H3,(H,26,27,28). The van der Waals surface area contributed by atoms with Gasteiger partial charge in [0.05, 0.1) is 18.3 Å². The molecule has 1 atom stereocenters. The van der Waals surface area contributed by atoms with Crippen LogP contribution >= 0.6 is 0 Å². The Labute approximate surface area is 186 Å². The highest BCUT2D eigenvalue weighted by Crippen LogP contribution is 2.34. The molecule has 1 aliphatic heterocycles. The van der Waals surface area contributed by atoms with Gasteiger partial charge in [0.1, 0.15) is 23.9 Å². The van der Waals surface area contributed by atoms with E-state index in [1.54, 1.807) is 24.1 Å². The number of rotatable bonds is 6. The first kappa shape index (κ1) is 21.5. The van der Waals surface area contributed by atoms with Gasteiger partial charge in [-0.1, -0.05) is 24.3 Å². The van der Waals surface area contributed by atoms with Gasteiger partial charge in [-0.3, -0.25) is 4.79 Å². The van der Waals surface area contributed by atoms with Gasteiger partial charge in [-0.05, 0) is 49.2 Å². The van der Waals surface area contributed by atoms with Gasteiger partial charge >= 0.3 is 0 Å². The fourth-order valence-electron chi connectivity index (χ4n) is 3.66. The summed E-state index contributed by atoms with van der Waals surface area (Å²) in [5.41, 5.74) is 3.45. The van der Waals surface area contributed by atoms with Crippen molar-refractivity contribution in [2.45, 2.75) is 26.5 Å². The maximum Gasteiger partial charge on any atom is 0.246 e. The number of carbonyl (C=O) groups excluding carboxylic acids is 1. The average molecular weight is 436 g/mol. The summed E-state index contributed by atoms with van der Waals surface area (Å²) in [5.74, 6) is 1.74. The molecule has 0 saturated heterocycles. The monoisotopic (exact) mass is 435 g/mol. The summed E-state index contributed by atoms with van der Waals surface area (Å²) in [6.07, 6.45) is 0. The minimum Gasteiger partial charge on any atom is -0.489 e. The zero-order valence-corrected chi connectivity index (χ0v) is 18.6. The van der Waals surface area contributed by atoms with E-state index < -0.39 is 0 Å². The summed E-state index contributed by atoms with van der Waals surface area (Å²) in [5, 5.41) is 3.35. The van der Waals surface area contributed by atoms with Crippen LogP contribution < -0.4 is 19.9 Å². The number of hydrogen-bond donors (Lipinski definition) is 1. The topological polar surface area (TPSA) is 70.6 Å². The van der Waals surface area contributed by atoms with Crippen LogP contribution in [0.25, 0.3) is 0 Å². The van der Waals surface area contributed by atoms with E-state index in [1.807, 2.05) is 50.1 Å². The summed E-state index contributed by atoms with van der Waals surface area (Å²) in [4.78, 5) is 24.8. The van der Waals surface area contributed by atoms with Crippen LogP contribution in [0.5, 0.6) is 5.75 Å². The number of benzene rings is 2. The van der Waals surface area contributed by atoms with Crippen LogP contribution in [0, 0.1) is 12.7 Å². The first-order valence-corrected chi connectivity index (χ1v) is 10.4. The van der Waals surface area contributed by atoms with E-state index in [0.29, 0.717) is 12.6 Å². The molecule has 1 aliphatic rings. The number of carbonyl (C=O) groups is 1. The third-order valence-corrected chi connectivity index (χ3v) is 5.53. The zero-order chi connectivity index (χ0) is 22.8. The van der Waals surface area contributed by atoms with E-state index in [4.69, 9.17) is 4.74 Å². The lowest BCUT2D eigenvalue weighted by Crippen LogP contribution is -2.43. The molecule has 32 heavy (non-hydrogen) atoms. The molecule has 2 aromatic carbocycles. The second kappa shape index (κ2) is 8.82. The Balaban J connectivity index is 1.43. The number of aromatic nitrogens is 2. The van der Waals surface area contributed by atoms with Gasteiger partial charge in [-0.25, -0.2) is 9.37 Å². The first-order valence-electron chi connectivity index (χ1n) is 10.4. The van der Waals surface area contributed by atoms with Gasteiger partial charge < -0.3 is 19.9 Å². The number of ether oxygens (including phenoxy) is 1. The second-order valence-electron chi connectivity index (χ2n) is 7.96. The number of amides is 1. The SMILES string of the molecule is Cc1nc(NC(C)c2ccc(OCc3ccc(F)cc3)cc2)nc2c1N(C)C(=O)CN2C. The smallest absolute Gasteiger partial charge is 0.246 e. The normalized spacial score (nSPS) is 14.2. The predicted molar refractivity (Wildman–Crippen MR) is 123 cm³/mol. The van der Waals surface area contributed by atoms with Crippen molar-refractivity contribution in [1.82, 2.24) is 9.97 Å². The Morgan fingerprint density at radius 2 is 1.78 bits per heavy atom. The van der Waals surface area contributed by atoms with E-state index in [1.165, 1.54) is 12.1 Å². The highest BCUT2D eigenvalue weighted by atomic mass is 19.1. The van der Waals surface area contributed by atoms with E-state index in [2.05, 4.69) is 15.3 Å². The summed E-state index contributed by atoms with van der Waals surface area (Å²) >= 11 is 0. The molecule has 8 heteroatoms. The van der Waals surface area contributed by atoms with Crippen LogP contribution in [0.2, 0.25) is 0 Å². The Morgan fingerprint density at radius 1 is 1.09 bits per heavy atom. The minimum atomic E-state index is -0.259. The van der Waals surface area contributed by atoms with Crippen molar-refractivity contribution >= 4 is 23.4 Å². The summed E-state index contributed by atoms with van der Waals surface area (Å²) in [6.45, 7) is 4.58. The number of fused-ring (bicyclic) bond motifs is 1. The van der Waals surface area contributed by atoms with Crippen LogP contribution in [0.3, 0.4) is 0 Å². The van der Waals surface area contributed by atoms with Gasteiger partial charge in [0.2, 0.25) is 11.9 Å². The molecule has 0 saturated carbocycles. The average Bonchev–Trinajstić information content (AvgIpc) is 2.77. The largest absolute Gasteiger partial charge is 0.489 e. The van der Waals surface area contributed by atoms with E-state index >= 15 is 0 Å². The molecule has 3 aromatic rings. The molecular weight excluding hydrogens is 409 g/mol. The van der Waals surface area contributed by atoms with Crippen LogP contribution in [-0.4, -0.2) is 36.5 Å². The Morgan fingerprint density at radius 3 is 2.47 bits per heavy atom. The van der Waals surface area contributed by atoms with Crippen LogP contribution in [0.4, 0.5) is 21.8 Å². The van der Waals surface area contributed by atoms with Gasteiger partial charge in [-0.15, -0.1) is 0 Å². The lowest BCUT2D eigenvalue weighted by Gasteiger charge is -2.33. The summed E-state index contributed by atoms with van der Waals surface area (Å²) in [7, 11) is 3.61. The molecule has 166 valence electrons. The molecule has 0 aliphatic carbocycles. The predicted octanol–water partition coefficient (Wildman–Crippen LogP) is 4.09. The molecule has 1 amide bonds. The number of aryl methyl sites for hydroxylation is 1. The molecule has 0 radical (unpaired) electrons. The van der Waals surface area contributed by atoms with Crippen molar-refractivity contribution in [3.05, 3.63) is 71.2 Å². The lowest BCUT2D eigenvalue weighted by molar-refractivity contribution is -0.117. The second-order valence-corrected chi connectivity index (χ2v) is 7.96. The van der Waals surface area contributed by atoms with Gasteiger partial charge in [0, 0.05) is 14.1 Å². The Hall–Kier alpha value is -3.68. The molecule has 7 nitrogen and oxygen atoms in total. The summed E-state index contributed by atoms with van der Waals surface area (Å²) in [6, 6.07) is 14.0. The van der Waals surface area contributed by atoms with E-state index in [9.17, 15) is 9.18 Å². The fraction of sp³-hybridized carbons (Fsp3) is 0.292.